The summed E-state index contributed by atoms with van der Waals surface area (Å²) in [5.74, 6) is 1.66. The van der Waals surface area contributed by atoms with Gasteiger partial charge in [0.15, 0.2) is 0 Å². The molecule has 1 aliphatic heterocycles. The fourth-order valence-corrected chi connectivity index (χ4v) is 3.89. The molecule has 1 aliphatic rings. The van der Waals surface area contributed by atoms with Crippen LogP contribution in [0.15, 0.2) is 17.5 Å². The lowest BCUT2D eigenvalue weighted by Gasteiger charge is -2.06. The number of hydrogen-bond acceptors (Lipinski definition) is 3. The van der Waals surface area contributed by atoms with Crippen molar-refractivity contribution in [2.45, 2.75) is 37.4 Å². The minimum Gasteiger partial charge on any atom is -0.298 e. The third-order valence-corrected chi connectivity index (χ3v) is 5.08. The molecule has 1 unspecified atom stereocenters. The van der Waals surface area contributed by atoms with E-state index in [1.165, 1.54) is 17.1 Å². The molecule has 1 saturated heterocycles. The van der Waals surface area contributed by atoms with Crippen molar-refractivity contribution < 1.29 is 4.79 Å². The molecule has 0 aliphatic carbocycles. The van der Waals surface area contributed by atoms with Crippen molar-refractivity contribution in [2.24, 2.45) is 0 Å². The van der Waals surface area contributed by atoms with E-state index in [4.69, 9.17) is 0 Å². The molecule has 1 nitrogen and oxygen atoms in total. The molecule has 2 heterocycles. The maximum atomic E-state index is 11.8. The second kappa shape index (κ2) is 5.71. The van der Waals surface area contributed by atoms with Gasteiger partial charge in [0.25, 0.3) is 0 Å². The molecule has 0 saturated carbocycles. The monoisotopic (exact) mass is 240 g/mol. The Kier molecular flexibility index (Phi) is 4.27. The van der Waals surface area contributed by atoms with Crippen LogP contribution in [0, 0.1) is 0 Å². The first-order valence-electron chi connectivity index (χ1n) is 5.53. The summed E-state index contributed by atoms with van der Waals surface area (Å²) >= 11 is 3.64. The minimum absolute atomic E-state index is 0.327. The van der Waals surface area contributed by atoms with Gasteiger partial charge >= 0.3 is 0 Å². The zero-order chi connectivity index (χ0) is 10.5. The second-order valence-electron chi connectivity index (χ2n) is 3.90. The van der Waals surface area contributed by atoms with Crippen molar-refractivity contribution in [3.05, 3.63) is 22.4 Å². The fourth-order valence-electron chi connectivity index (χ4n) is 1.88. The summed E-state index contributed by atoms with van der Waals surface area (Å²) in [6.07, 6.45) is 5.21. The molecule has 0 amide bonds. The molecule has 0 radical (unpaired) electrons. The lowest BCUT2D eigenvalue weighted by atomic mass is 10.1. The number of carbonyl (C=O) groups is 1. The first kappa shape index (κ1) is 11.2. The molecular weight excluding hydrogens is 224 g/mol. The first-order chi connectivity index (χ1) is 7.36. The fraction of sp³-hybridized carbons (Fsp3) is 0.583. The Morgan fingerprint density at radius 2 is 2.47 bits per heavy atom. The maximum Gasteiger partial charge on any atom is 0.145 e. The van der Waals surface area contributed by atoms with Crippen molar-refractivity contribution in [1.82, 2.24) is 0 Å². The Hall–Kier alpha value is -0.280. The van der Waals surface area contributed by atoms with Gasteiger partial charge in [0, 0.05) is 11.3 Å². The van der Waals surface area contributed by atoms with Crippen LogP contribution in [0.2, 0.25) is 0 Å². The van der Waals surface area contributed by atoms with Gasteiger partial charge in [-0.3, -0.25) is 4.79 Å². The van der Waals surface area contributed by atoms with Gasteiger partial charge < -0.3 is 0 Å². The molecule has 1 fully saturated rings. The molecule has 0 spiro atoms. The summed E-state index contributed by atoms with van der Waals surface area (Å²) in [7, 11) is 0. The Morgan fingerprint density at radius 3 is 3.13 bits per heavy atom. The number of carbonyl (C=O) groups excluding carboxylic acids is 1. The van der Waals surface area contributed by atoms with Crippen molar-refractivity contribution in [1.29, 1.82) is 0 Å². The molecule has 1 aromatic heterocycles. The van der Waals surface area contributed by atoms with Crippen LogP contribution >= 0.6 is 23.1 Å². The smallest absolute Gasteiger partial charge is 0.145 e. The maximum absolute atomic E-state index is 11.8. The van der Waals surface area contributed by atoms with Crippen molar-refractivity contribution in [2.75, 3.05) is 5.75 Å². The molecule has 2 rings (SSSR count). The lowest BCUT2D eigenvalue weighted by Crippen LogP contribution is -2.13. The summed E-state index contributed by atoms with van der Waals surface area (Å²) in [6, 6.07) is 4.23. The van der Waals surface area contributed by atoms with Crippen LogP contribution in [0.5, 0.6) is 0 Å². The van der Waals surface area contributed by atoms with Crippen LogP contribution in [0.25, 0.3) is 0 Å². The van der Waals surface area contributed by atoms with E-state index >= 15 is 0 Å². The molecule has 0 N–H and O–H groups in total. The van der Waals surface area contributed by atoms with E-state index in [-0.39, 0.29) is 0 Å². The van der Waals surface area contributed by atoms with E-state index in [0.717, 1.165) is 25.7 Å². The Labute approximate surface area is 99.3 Å². The Balaban J connectivity index is 1.67. The largest absolute Gasteiger partial charge is 0.298 e. The number of Topliss-reactive ketones (excluding diaryl/α,β-unsaturated/α-hetero) is 1. The quantitative estimate of drug-likeness (QED) is 0.783. The van der Waals surface area contributed by atoms with Gasteiger partial charge in [-0.1, -0.05) is 6.07 Å². The number of thiophene rings is 1. The Morgan fingerprint density at radius 1 is 1.53 bits per heavy atom. The molecule has 15 heavy (non-hydrogen) atoms. The lowest BCUT2D eigenvalue weighted by molar-refractivity contribution is -0.118. The van der Waals surface area contributed by atoms with Gasteiger partial charge in [-0.15, -0.1) is 11.3 Å². The third-order valence-electron chi connectivity index (χ3n) is 2.72. The predicted molar refractivity (Wildman–Crippen MR) is 67.7 cm³/mol. The second-order valence-corrected chi connectivity index (χ2v) is 6.24. The zero-order valence-electron chi connectivity index (χ0n) is 8.78. The average molecular weight is 240 g/mol. The van der Waals surface area contributed by atoms with Crippen molar-refractivity contribution in [3.8, 4) is 0 Å². The topological polar surface area (TPSA) is 17.1 Å². The van der Waals surface area contributed by atoms with Crippen LogP contribution in [-0.2, 0) is 11.2 Å². The summed E-state index contributed by atoms with van der Waals surface area (Å²) in [5.41, 5.74) is 0. The molecule has 0 bridgehead atoms. The normalized spacial score (nSPS) is 20.7. The highest BCUT2D eigenvalue weighted by atomic mass is 32.2. The standard InChI is InChI=1S/C12H16OS2/c13-11(12-7-3-9-15-12)6-1-4-10-5-2-8-14-10/h2,5,8,12H,1,3-4,6-7,9H2. The summed E-state index contributed by atoms with van der Waals surface area (Å²) in [4.78, 5) is 13.2. The molecule has 82 valence electrons. The van der Waals surface area contributed by atoms with E-state index in [0.29, 0.717) is 11.0 Å². The molecule has 3 heteroatoms. The van der Waals surface area contributed by atoms with E-state index in [1.54, 1.807) is 11.3 Å². The minimum atomic E-state index is 0.327. The summed E-state index contributed by atoms with van der Waals surface area (Å²) < 4.78 is 0. The SMILES string of the molecule is O=C(CCCc1cccs1)C1CCCS1. The van der Waals surface area contributed by atoms with Gasteiger partial charge in [0.1, 0.15) is 5.78 Å². The highest BCUT2D eigenvalue weighted by Gasteiger charge is 2.22. The number of aryl methyl sites for hydroxylation is 1. The van der Waals surface area contributed by atoms with Gasteiger partial charge in [0.05, 0.1) is 5.25 Å². The van der Waals surface area contributed by atoms with Gasteiger partial charge in [-0.25, -0.2) is 0 Å². The molecule has 1 atom stereocenters. The zero-order valence-corrected chi connectivity index (χ0v) is 10.4. The van der Waals surface area contributed by atoms with E-state index in [2.05, 4.69) is 17.5 Å². The average Bonchev–Trinajstić information content (AvgIpc) is 2.90. The molecule has 0 aromatic carbocycles. The van der Waals surface area contributed by atoms with Crippen LogP contribution in [0.1, 0.15) is 30.6 Å². The van der Waals surface area contributed by atoms with Gasteiger partial charge in [-0.05, 0) is 42.9 Å². The van der Waals surface area contributed by atoms with Crippen LogP contribution in [0.4, 0.5) is 0 Å². The molecular formula is C12H16OS2. The van der Waals surface area contributed by atoms with Crippen LogP contribution in [0.3, 0.4) is 0 Å². The first-order valence-corrected chi connectivity index (χ1v) is 7.46. The number of rotatable bonds is 5. The van der Waals surface area contributed by atoms with Gasteiger partial charge in [0.2, 0.25) is 0 Å². The van der Waals surface area contributed by atoms with E-state index in [1.807, 2.05) is 11.8 Å². The van der Waals surface area contributed by atoms with Crippen LogP contribution < -0.4 is 0 Å². The number of hydrogen-bond donors (Lipinski definition) is 0. The predicted octanol–water partition coefficient (Wildman–Crippen LogP) is 3.54. The van der Waals surface area contributed by atoms with Crippen molar-refractivity contribution in [3.63, 3.8) is 0 Å². The number of thioether (sulfide) groups is 1. The van der Waals surface area contributed by atoms with E-state index < -0.39 is 0 Å². The summed E-state index contributed by atoms with van der Waals surface area (Å²) in [5, 5.41) is 2.43. The number of ketones is 1. The third kappa shape index (κ3) is 3.35. The van der Waals surface area contributed by atoms with Gasteiger partial charge in [-0.2, -0.15) is 11.8 Å². The Bertz CT molecular complexity index is 299. The van der Waals surface area contributed by atoms with E-state index in [9.17, 15) is 4.79 Å². The highest BCUT2D eigenvalue weighted by Crippen LogP contribution is 2.28. The highest BCUT2D eigenvalue weighted by molar-refractivity contribution is 8.00. The summed E-state index contributed by atoms with van der Waals surface area (Å²) in [6.45, 7) is 0. The van der Waals surface area contributed by atoms with Crippen LogP contribution in [-0.4, -0.2) is 16.8 Å². The van der Waals surface area contributed by atoms with Crippen molar-refractivity contribution >= 4 is 28.9 Å². The molecule has 1 aromatic rings.